The fourth-order valence-electron chi connectivity index (χ4n) is 15.6. The van der Waals surface area contributed by atoms with E-state index in [1.54, 1.807) is 0 Å². The van der Waals surface area contributed by atoms with Gasteiger partial charge in [0, 0.05) is 76.8 Å². The van der Waals surface area contributed by atoms with Gasteiger partial charge in [-0.05, 0) is 170 Å². The first kappa shape index (κ1) is 54.9. The lowest BCUT2D eigenvalue weighted by Crippen LogP contribution is -2.08. The normalized spacial score (nSPS) is 11.9. The molecular weight excluding hydrogens is 1170 g/mol. The van der Waals surface area contributed by atoms with Crippen molar-refractivity contribution in [2.75, 3.05) is 0 Å². The molecule has 0 spiro atoms. The van der Waals surface area contributed by atoms with Crippen LogP contribution in [0.4, 0.5) is 0 Å². The fourth-order valence-corrected chi connectivity index (χ4v) is 15.6. The fraction of sp³-hybridized carbons (Fsp3) is 0.0337. The number of oxazole rings is 1. The molecule has 0 atom stereocenters. The molecule has 96 heavy (non-hydrogen) atoms. The number of aryl methyl sites for hydroxylation is 3. The summed E-state index contributed by atoms with van der Waals surface area (Å²) < 4.78 is 16.7. The first-order chi connectivity index (χ1) is 47.3. The monoisotopic (exact) mass is 1230 g/mol. The Balaban J connectivity index is 0.956. The van der Waals surface area contributed by atoms with E-state index >= 15 is 0 Å². The summed E-state index contributed by atoms with van der Waals surface area (Å²) in [6.07, 6.45) is 0. The van der Waals surface area contributed by atoms with E-state index in [2.05, 4.69) is 318 Å². The van der Waals surface area contributed by atoms with Crippen LogP contribution in [-0.2, 0) is 0 Å². The van der Waals surface area contributed by atoms with Crippen molar-refractivity contribution in [3.63, 3.8) is 0 Å². The van der Waals surface area contributed by atoms with Crippen LogP contribution >= 0.6 is 0 Å². The molecule has 0 aliphatic rings. The van der Waals surface area contributed by atoms with Crippen LogP contribution in [0.25, 0.3) is 177 Å². The summed E-state index contributed by atoms with van der Waals surface area (Å²) >= 11 is 0. The predicted octanol–water partition coefficient (Wildman–Crippen LogP) is 23.3. The number of nitrogens with zero attached hydrogens (tertiary/aromatic N) is 6. The van der Waals surface area contributed by atoms with Crippen molar-refractivity contribution >= 4 is 98.3 Å². The molecule has 0 unspecified atom stereocenters. The zero-order valence-electron chi connectivity index (χ0n) is 52.9. The van der Waals surface area contributed by atoms with Crippen LogP contribution in [0.5, 0.6) is 0 Å². The van der Waals surface area contributed by atoms with E-state index in [-0.39, 0.29) is 0 Å². The Morgan fingerprint density at radius 2 is 0.656 bits per heavy atom. The van der Waals surface area contributed by atoms with Gasteiger partial charge in [0.1, 0.15) is 11.6 Å². The largest absolute Gasteiger partial charge is 0.436 e. The summed E-state index contributed by atoms with van der Waals surface area (Å²) in [5, 5.41) is 22.1. The van der Waals surface area contributed by atoms with Crippen molar-refractivity contribution in [2.45, 2.75) is 20.8 Å². The van der Waals surface area contributed by atoms with Crippen LogP contribution in [0.1, 0.15) is 22.3 Å². The van der Waals surface area contributed by atoms with Gasteiger partial charge in [0.2, 0.25) is 5.89 Å². The molecule has 0 amide bonds. The Morgan fingerprint density at radius 1 is 0.292 bits per heavy atom. The van der Waals surface area contributed by atoms with Gasteiger partial charge in [0.05, 0.1) is 60.9 Å². The zero-order valence-corrected chi connectivity index (χ0v) is 52.9. The average Bonchev–Trinajstić information content (AvgIpc) is 1.30. The van der Waals surface area contributed by atoms with Gasteiger partial charge in [-0.25, -0.2) is 4.98 Å². The summed E-state index contributed by atoms with van der Waals surface area (Å²) in [6.45, 7) is 6.47. The smallest absolute Gasteiger partial charge is 0.228 e. The molecule has 0 bridgehead atoms. The van der Waals surface area contributed by atoms with Crippen LogP contribution in [0.3, 0.4) is 0 Å². The first-order valence-electron chi connectivity index (χ1n) is 32.7. The Bertz CT molecular complexity index is 6430. The number of para-hydroxylation sites is 6. The van der Waals surface area contributed by atoms with Gasteiger partial charge in [-0.2, -0.15) is 5.26 Å². The molecule has 5 aromatic heterocycles. The average molecular weight is 1230 g/mol. The van der Waals surface area contributed by atoms with E-state index < -0.39 is 0 Å². The van der Waals surface area contributed by atoms with Crippen LogP contribution in [0.15, 0.2) is 302 Å². The highest BCUT2D eigenvalue weighted by molar-refractivity contribution is 6.16. The van der Waals surface area contributed by atoms with Crippen LogP contribution in [-0.4, -0.2) is 23.3 Å². The highest BCUT2D eigenvalue weighted by Crippen LogP contribution is 2.54. The van der Waals surface area contributed by atoms with E-state index in [9.17, 15) is 5.26 Å². The molecular formula is C89H58N6O. The number of benzene rings is 14. The first-order valence-corrected chi connectivity index (χ1v) is 32.7. The predicted molar refractivity (Wildman–Crippen MR) is 397 cm³/mol. The highest BCUT2D eigenvalue weighted by atomic mass is 16.3. The number of rotatable bonds is 9. The van der Waals surface area contributed by atoms with Crippen LogP contribution in [0, 0.1) is 32.1 Å². The molecule has 14 aromatic carbocycles. The quantitative estimate of drug-likeness (QED) is 0.145. The van der Waals surface area contributed by atoms with Gasteiger partial charge in [-0.3, -0.25) is 0 Å². The number of hydrogen-bond acceptors (Lipinski definition) is 3. The third-order valence-electron chi connectivity index (χ3n) is 19.8. The molecule has 0 radical (unpaired) electrons. The van der Waals surface area contributed by atoms with E-state index in [1.807, 2.05) is 24.3 Å². The maximum atomic E-state index is 12.8. The van der Waals surface area contributed by atoms with Crippen LogP contribution < -0.4 is 0 Å². The van der Waals surface area contributed by atoms with Gasteiger partial charge in [0.15, 0.2) is 5.58 Å². The molecule has 0 N–H and O–H groups in total. The number of hydrogen-bond donors (Lipinski definition) is 0. The third kappa shape index (κ3) is 8.35. The second kappa shape index (κ2) is 21.4. The highest BCUT2D eigenvalue weighted by Gasteiger charge is 2.33. The Morgan fingerprint density at radius 3 is 1.12 bits per heavy atom. The molecule has 0 aliphatic carbocycles. The number of aromatic nitrogens is 5. The second-order valence-electron chi connectivity index (χ2n) is 25.5. The van der Waals surface area contributed by atoms with Gasteiger partial charge in [0.25, 0.3) is 0 Å². The van der Waals surface area contributed by atoms with Gasteiger partial charge in [-0.1, -0.05) is 193 Å². The van der Waals surface area contributed by atoms with Crippen molar-refractivity contribution in [2.24, 2.45) is 0 Å². The zero-order chi connectivity index (χ0) is 63.9. The lowest BCUT2D eigenvalue weighted by atomic mass is 9.81. The molecule has 5 heterocycles. The van der Waals surface area contributed by atoms with E-state index in [1.165, 1.54) is 49.0 Å². The topological polar surface area (TPSA) is 69.5 Å². The van der Waals surface area contributed by atoms with Gasteiger partial charge >= 0.3 is 0 Å². The van der Waals surface area contributed by atoms with Crippen molar-refractivity contribution in [1.82, 2.24) is 23.3 Å². The summed E-state index contributed by atoms with van der Waals surface area (Å²) in [6, 6.07) is 110. The summed E-state index contributed by atoms with van der Waals surface area (Å²) in [7, 11) is 0. The summed E-state index contributed by atoms with van der Waals surface area (Å²) in [5.74, 6) is 0.404. The SMILES string of the molecule is Cc1ccc2c(c1)c1ccccc1n2-c1ccc(-c2c(C#N)c(-n3c4ccccc4c4cc(-c5ccccc5)ccc43)c(-c3ccc(-n4c5ccccc5c5cc(C)ccc54)cc3)c(-c3ccc(-n4c5ccccc5c5cc(C)ccc54)cc3)c2-c2nc3ccccc3o2)cc1. The minimum Gasteiger partial charge on any atom is -0.436 e. The Labute approximate surface area is 553 Å². The van der Waals surface area contributed by atoms with E-state index in [4.69, 9.17) is 9.40 Å². The third-order valence-corrected chi connectivity index (χ3v) is 19.8. The maximum absolute atomic E-state index is 12.8. The lowest BCUT2D eigenvalue weighted by molar-refractivity contribution is 0.620. The van der Waals surface area contributed by atoms with E-state index in [0.717, 1.165) is 117 Å². The van der Waals surface area contributed by atoms with Gasteiger partial charge < -0.3 is 22.7 Å². The maximum Gasteiger partial charge on any atom is 0.228 e. The van der Waals surface area contributed by atoms with Crippen molar-refractivity contribution < 1.29 is 4.42 Å². The molecule has 0 aliphatic heterocycles. The van der Waals surface area contributed by atoms with Crippen molar-refractivity contribution in [3.05, 3.63) is 320 Å². The van der Waals surface area contributed by atoms with E-state index in [0.29, 0.717) is 33.7 Å². The Hall–Kier alpha value is -12.8. The lowest BCUT2D eigenvalue weighted by Gasteiger charge is -2.26. The molecule has 19 rings (SSSR count). The molecule has 0 fully saturated rings. The van der Waals surface area contributed by atoms with Crippen LogP contribution in [0.2, 0.25) is 0 Å². The van der Waals surface area contributed by atoms with Crippen molar-refractivity contribution in [3.8, 4) is 84.8 Å². The minimum atomic E-state index is 0.404. The summed E-state index contributed by atoms with van der Waals surface area (Å²) in [4.78, 5) is 5.48. The summed E-state index contributed by atoms with van der Waals surface area (Å²) in [5.41, 5.74) is 25.9. The molecule has 19 aromatic rings. The second-order valence-corrected chi connectivity index (χ2v) is 25.5. The molecule has 0 saturated carbocycles. The van der Waals surface area contributed by atoms with Gasteiger partial charge in [-0.15, -0.1) is 0 Å². The molecule has 450 valence electrons. The Kier molecular flexibility index (Phi) is 12.2. The molecule has 7 nitrogen and oxygen atoms in total. The number of fused-ring (bicyclic) bond motifs is 13. The molecule has 7 heteroatoms. The number of nitriles is 1. The minimum absolute atomic E-state index is 0.404. The van der Waals surface area contributed by atoms with Crippen molar-refractivity contribution in [1.29, 1.82) is 5.26 Å². The standard InChI is InChI=1S/C89H58N6O/c1-54-29-45-79-69(49-54)65-19-7-12-24-75(65)92(79)62-39-32-58(33-40-62)84-73(53-90)88(95-78-27-15-10-22-68(78)72-52-61(38-48-82(72)95)57-17-5-4-6-18-57)86(60-36-43-64(44-37-60)94-77-26-14-9-21-67(77)71-51-56(3)31-47-81(71)94)85(87(84)89-91-74-23-11-16-28-83(74)96-89)59-34-41-63(42-35-59)93-76-25-13-8-20-66(76)70-50-55(2)30-46-80(70)93/h4-52H,1-3H3. The molecule has 0 saturated heterocycles.